The number of benzene rings is 2. The molecule has 1 heterocycles. The average molecular weight is 439 g/mol. The van der Waals surface area contributed by atoms with Crippen LogP contribution in [0.4, 0.5) is 21.0 Å². The van der Waals surface area contributed by atoms with Gasteiger partial charge in [0.25, 0.3) is 5.91 Å². The van der Waals surface area contributed by atoms with E-state index in [2.05, 4.69) is 16.0 Å². The topological polar surface area (TPSA) is 99.8 Å². The second kappa shape index (κ2) is 10.2. The smallest absolute Gasteiger partial charge is 0.412 e. The van der Waals surface area contributed by atoms with Gasteiger partial charge in [-0.3, -0.25) is 10.1 Å². The Hall–Kier alpha value is -3.55. The molecule has 1 aliphatic rings. The fourth-order valence-corrected chi connectivity index (χ4v) is 3.38. The molecule has 32 heavy (non-hydrogen) atoms. The Balaban J connectivity index is 1.48. The van der Waals surface area contributed by atoms with Crippen LogP contribution in [0.2, 0.25) is 0 Å². The lowest BCUT2D eigenvalue weighted by molar-refractivity contribution is 0.0635. The molecule has 3 N–H and O–H groups in total. The number of likely N-dealkylation sites (tertiary alicyclic amines) is 1. The molecular formula is C24H30N4O4. The molecule has 4 amide bonds. The molecule has 8 nitrogen and oxygen atoms in total. The maximum atomic E-state index is 12.7. The maximum absolute atomic E-state index is 12.7. The molecule has 1 aliphatic heterocycles. The zero-order valence-corrected chi connectivity index (χ0v) is 18.7. The summed E-state index contributed by atoms with van der Waals surface area (Å²) in [6, 6.07) is 15.9. The fraction of sp³-hybridized carbons (Fsp3) is 0.375. The average Bonchev–Trinajstić information content (AvgIpc) is 2.73. The van der Waals surface area contributed by atoms with Crippen LogP contribution in [0, 0.1) is 0 Å². The fourth-order valence-electron chi connectivity index (χ4n) is 3.38. The number of nitrogens with zero attached hydrogens (tertiary/aromatic N) is 1. The Morgan fingerprint density at radius 2 is 1.56 bits per heavy atom. The Kier molecular flexibility index (Phi) is 7.35. The number of urea groups is 1. The van der Waals surface area contributed by atoms with Gasteiger partial charge in [0.05, 0.1) is 0 Å². The molecule has 0 aromatic heterocycles. The van der Waals surface area contributed by atoms with Crippen LogP contribution < -0.4 is 16.0 Å². The summed E-state index contributed by atoms with van der Waals surface area (Å²) in [5.41, 5.74) is 1.08. The minimum Gasteiger partial charge on any atom is -0.444 e. The summed E-state index contributed by atoms with van der Waals surface area (Å²) in [6.07, 6.45) is 0.768. The largest absolute Gasteiger partial charge is 0.444 e. The third-order valence-corrected chi connectivity index (χ3v) is 4.91. The second-order valence-corrected chi connectivity index (χ2v) is 8.74. The van der Waals surface area contributed by atoms with E-state index in [-0.39, 0.29) is 18.0 Å². The summed E-state index contributed by atoms with van der Waals surface area (Å²) in [5.74, 6) is -0.218. The van der Waals surface area contributed by atoms with Crippen molar-refractivity contribution in [3.05, 3.63) is 60.2 Å². The van der Waals surface area contributed by atoms with Gasteiger partial charge in [-0.1, -0.05) is 24.3 Å². The summed E-state index contributed by atoms with van der Waals surface area (Å²) in [4.78, 5) is 38.8. The van der Waals surface area contributed by atoms with Crippen molar-refractivity contribution >= 4 is 29.4 Å². The minimum atomic E-state index is -0.605. The van der Waals surface area contributed by atoms with Gasteiger partial charge < -0.3 is 20.3 Å². The predicted octanol–water partition coefficient (Wildman–Crippen LogP) is 4.46. The number of hydrogen-bond acceptors (Lipinski definition) is 4. The Morgan fingerprint density at radius 3 is 2.22 bits per heavy atom. The Bertz CT molecular complexity index is 948. The van der Waals surface area contributed by atoms with Crippen molar-refractivity contribution in [2.75, 3.05) is 23.7 Å². The van der Waals surface area contributed by atoms with Crippen LogP contribution in [-0.2, 0) is 4.74 Å². The number of para-hydroxylation sites is 1. The highest BCUT2D eigenvalue weighted by atomic mass is 16.6. The monoisotopic (exact) mass is 438 g/mol. The van der Waals surface area contributed by atoms with Crippen molar-refractivity contribution in [2.24, 2.45) is 0 Å². The number of anilines is 2. The van der Waals surface area contributed by atoms with Gasteiger partial charge in [-0.05, 0) is 63.9 Å². The molecule has 170 valence electrons. The van der Waals surface area contributed by atoms with Crippen molar-refractivity contribution in [1.82, 2.24) is 10.2 Å². The zero-order valence-electron chi connectivity index (χ0n) is 18.7. The van der Waals surface area contributed by atoms with Crippen molar-refractivity contribution in [1.29, 1.82) is 0 Å². The third kappa shape index (κ3) is 7.01. The minimum absolute atomic E-state index is 0.0225. The molecule has 2 aromatic carbocycles. The van der Waals surface area contributed by atoms with E-state index < -0.39 is 11.7 Å². The Morgan fingerprint density at radius 1 is 0.906 bits per heavy atom. The van der Waals surface area contributed by atoms with Crippen LogP contribution >= 0.6 is 0 Å². The van der Waals surface area contributed by atoms with Crippen LogP contribution in [0.5, 0.6) is 0 Å². The van der Waals surface area contributed by atoms with E-state index in [1.165, 1.54) is 0 Å². The number of piperidine rings is 1. The van der Waals surface area contributed by atoms with Gasteiger partial charge in [-0.2, -0.15) is 0 Å². The highest BCUT2D eigenvalue weighted by molar-refractivity contribution is 5.96. The molecule has 0 unspecified atom stereocenters. The van der Waals surface area contributed by atoms with Gasteiger partial charge in [-0.15, -0.1) is 0 Å². The molecule has 0 aliphatic carbocycles. The Labute approximate surface area is 188 Å². The number of hydrogen-bond donors (Lipinski definition) is 3. The molecule has 2 aromatic rings. The molecule has 0 saturated carbocycles. The standard InChI is InChI=1S/C24H30N4O4/c1-24(2,3)32-23(31)27-20-11-7-8-17(16-20)21(29)25-19-12-14-28(15-13-19)22(30)26-18-9-5-4-6-10-18/h4-11,16,19H,12-15H2,1-3H3,(H,25,29)(H,26,30)(H,27,31). The molecule has 0 radical (unpaired) electrons. The van der Waals surface area contributed by atoms with Gasteiger partial charge >= 0.3 is 12.1 Å². The molecule has 0 atom stereocenters. The molecule has 3 rings (SSSR count). The molecule has 8 heteroatoms. The van der Waals surface area contributed by atoms with Crippen LogP contribution in [0.3, 0.4) is 0 Å². The predicted molar refractivity (Wildman–Crippen MR) is 124 cm³/mol. The third-order valence-electron chi connectivity index (χ3n) is 4.91. The maximum Gasteiger partial charge on any atom is 0.412 e. The van der Waals surface area contributed by atoms with E-state index in [0.29, 0.717) is 37.2 Å². The molecule has 0 spiro atoms. The molecule has 0 bridgehead atoms. The van der Waals surface area contributed by atoms with Crippen LogP contribution in [0.25, 0.3) is 0 Å². The van der Waals surface area contributed by atoms with Gasteiger partial charge in [0.2, 0.25) is 0 Å². The van der Waals surface area contributed by atoms with E-state index >= 15 is 0 Å². The zero-order chi connectivity index (χ0) is 23.1. The van der Waals surface area contributed by atoms with E-state index in [4.69, 9.17) is 4.74 Å². The lowest BCUT2D eigenvalue weighted by atomic mass is 10.0. The molecule has 1 saturated heterocycles. The quantitative estimate of drug-likeness (QED) is 0.656. The van der Waals surface area contributed by atoms with Gasteiger partial charge in [0, 0.05) is 36.1 Å². The van der Waals surface area contributed by atoms with E-state index in [0.717, 1.165) is 5.69 Å². The van der Waals surface area contributed by atoms with Crippen molar-refractivity contribution < 1.29 is 19.1 Å². The normalized spacial score (nSPS) is 14.4. The summed E-state index contributed by atoms with van der Waals surface area (Å²) in [5, 5.41) is 8.55. The van der Waals surface area contributed by atoms with Gasteiger partial charge in [0.15, 0.2) is 0 Å². The van der Waals surface area contributed by atoms with Crippen LogP contribution in [-0.4, -0.2) is 47.7 Å². The number of amides is 4. The summed E-state index contributed by atoms with van der Waals surface area (Å²) in [7, 11) is 0. The first-order valence-corrected chi connectivity index (χ1v) is 10.7. The van der Waals surface area contributed by atoms with Gasteiger partial charge in [0.1, 0.15) is 5.60 Å². The van der Waals surface area contributed by atoms with Gasteiger partial charge in [-0.25, -0.2) is 9.59 Å². The van der Waals surface area contributed by atoms with E-state index in [1.807, 2.05) is 30.3 Å². The first kappa shape index (κ1) is 23.1. The molecule has 1 fully saturated rings. The number of carbonyl (C=O) groups is 3. The SMILES string of the molecule is CC(C)(C)OC(=O)Nc1cccc(C(=O)NC2CCN(C(=O)Nc3ccccc3)CC2)c1. The van der Waals surface area contributed by atoms with Crippen molar-refractivity contribution in [3.63, 3.8) is 0 Å². The summed E-state index contributed by atoms with van der Waals surface area (Å²) in [6.45, 7) is 6.47. The van der Waals surface area contributed by atoms with Crippen LogP contribution in [0.15, 0.2) is 54.6 Å². The van der Waals surface area contributed by atoms with E-state index in [1.54, 1.807) is 49.9 Å². The number of ether oxygens (including phenoxy) is 1. The highest BCUT2D eigenvalue weighted by Crippen LogP contribution is 2.16. The van der Waals surface area contributed by atoms with Crippen molar-refractivity contribution in [2.45, 2.75) is 45.3 Å². The lowest BCUT2D eigenvalue weighted by Crippen LogP contribution is -2.47. The first-order chi connectivity index (χ1) is 15.2. The number of nitrogens with one attached hydrogen (secondary N) is 3. The first-order valence-electron chi connectivity index (χ1n) is 10.7. The summed E-state index contributed by atoms with van der Waals surface area (Å²) < 4.78 is 5.24. The number of carbonyl (C=O) groups excluding carboxylic acids is 3. The summed E-state index contributed by atoms with van der Waals surface area (Å²) >= 11 is 0. The lowest BCUT2D eigenvalue weighted by Gasteiger charge is -2.32. The van der Waals surface area contributed by atoms with E-state index in [9.17, 15) is 14.4 Å². The highest BCUT2D eigenvalue weighted by Gasteiger charge is 2.24. The molecular weight excluding hydrogens is 408 g/mol. The number of rotatable bonds is 4. The van der Waals surface area contributed by atoms with Crippen LogP contribution in [0.1, 0.15) is 44.0 Å². The van der Waals surface area contributed by atoms with Crippen molar-refractivity contribution in [3.8, 4) is 0 Å². The second-order valence-electron chi connectivity index (χ2n) is 8.74.